The Balaban J connectivity index is 1.43. The smallest absolute Gasteiger partial charge is 0.322 e. The number of urea groups is 1. The van der Waals surface area contributed by atoms with Crippen LogP contribution in [0.4, 0.5) is 16.4 Å². The number of anilines is 2. The van der Waals surface area contributed by atoms with Crippen LogP contribution in [-0.2, 0) is 13.0 Å². The molecule has 0 saturated carbocycles. The topological polar surface area (TPSA) is 61.4 Å². The summed E-state index contributed by atoms with van der Waals surface area (Å²) in [7, 11) is 0. The van der Waals surface area contributed by atoms with Gasteiger partial charge < -0.3 is 15.1 Å². The van der Waals surface area contributed by atoms with Crippen molar-refractivity contribution < 1.29 is 4.79 Å². The number of nitrogens with zero attached hydrogens (tertiary/aromatic N) is 4. The largest absolute Gasteiger partial charge is 0.341 e. The Bertz CT molecular complexity index is 806. The number of piperidine rings is 1. The zero-order valence-corrected chi connectivity index (χ0v) is 15.4. The molecule has 0 spiro atoms. The monoisotopic (exact) mass is 371 g/mol. The van der Waals surface area contributed by atoms with Crippen molar-refractivity contribution in [3.8, 4) is 0 Å². The number of hydrogen-bond acceptors (Lipinski definition) is 4. The Morgan fingerprint density at radius 1 is 1.15 bits per heavy atom. The number of carbonyl (C=O) groups excluding carboxylic acids is 1. The van der Waals surface area contributed by atoms with Gasteiger partial charge in [0.15, 0.2) is 0 Å². The van der Waals surface area contributed by atoms with Gasteiger partial charge in [-0.1, -0.05) is 17.7 Å². The van der Waals surface area contributed by atoms with Crippen LogP contribution in [0.25, 0.3) is 0 Å². The molecule has 2 aliphatic heterocycles. The number of nitrogens with one attached hydrogen (secondary N) is 1. The summed E-state index contributed by atoms with van der Waals surface area (Å²) >= 11 is 5.97. The van der Waals surface area contributed by atoms with Gasteiger partial charge in [0, 0.05) is 48.5 Å². The van der Waals surface area contributed by atoms with Crippen molar-refractivity contribution in [3.63, 3.8) is 0 Å². The number of aromatic nitrogens is 2. The van der Waals surface area contributed by atoms with Crippen LogP contribution in [-0.4, -0.2) is 40.5 Å². The molecule has 2 amide bonds. The quantitative estimate of drug-likeness (QED) is 0.874. The summed E-state index contributed by atoms with van der Waals surface area (Å²) in [4.78, 5) is 25.9. The minimum absolute atomic E-state index is 0.127. The summed E-state index contributed by atoms with van der Waals surface area (Å²) in [6.07, 6.45) is 6.33. The fraction of sp³-hybridized carbons (Fsp3) is 0.421. The Kier molecular flexibility index (Phi) is 4.93. The average molecular weight is 372 g/mol. The van der Waals surface area contributed by atoms with Gasteiger partial charge in [-0.25, -0.2) is 14.8 Å². The van der Waals surface area contributed by atoms with Crippen LogP contribution < -0.4 is 10.2 Å². The van der Waals surface area contributed by atoms with Crippen LogP contribution in [0.2, 0.25) is 5.02 Å². The van der Waals surface area contributed by atoms with Crippen molar-refractivity contribution in [3.05, 3.63) is 46.7 Å². The fourth-order valence-corrected chi connectivity index (χ4v) is 3.68. The molecule has 1 fully saturated rings. The zero-order valence-electron chi connectivity index (χ0n) is 14.6. The van der Waals surface area contributed by atoms with Gasteiger partial charge in [0.1, 0.15) is 0 Å². The van der Waals surface area contributed by atoms with Crippen LogP contribution in [0, 0.1) is 0 Å². The number of halogens is 1. The van der Waals surface area contributed by atoms with Gasteiger partial charge in [-0.2, -0.15) is 0 Å². The van der Waals surface area contributed by atoms with Crippen molar-refractivity contribution in [2.75, 3.05) is 29.9 Å². The van der Waals surface area contributed by atoms with Gasteiger partial charge in [0.05, 0.1) is 12.2 Å². The van der Waals surface area contributed by atoms with E-state index in [0.29, 0.717) is 23.8 Å². The van der Waals surface area contributed by atoms with Crippen LogP contribution in [0.15, 0.2) is 30.5 Å². The summed E-state index contributed by atoms with van der Waals surface area (Å²) in [6.45, 7) is 3.25. The van der Waals surface area contributed by atoms with Crippen LogP contribution >= 0.6 is 11.6 Å². The molecular weight excluding hydrogens is 350 g/mol. The van der Waals surface area contributed by atoms with E-state index in [0.717, 1.165) is 36.7 Å². The number of rotatable bonds is 2. The predicted octanol–water partition coefficient (Wildman–Crippen LogP) is 3.71. The van der Waals surface area contributed by atoms with E-state index in [2.05, 4.69) is 15.2 Å². The molecule has 6 nitrogen and oxygen atoms in total. The highest BCUT2D eigenvalue weighted by molar-refractivity contribution is 6.30. The van der Waals surface area contributed by atoms with Crippen molar-refractivity contribution in [1.29, 1.82) is 0 Å². The first-order valence-corrected chi connectivity index (χ1v) is 9.48. The van der Waals surface area contributed by atoms with Crippen LogP contribution in [0.1, 0.15) is 30.5 Å². The SMILES string of the molecule is O=C(Nc1cccc(Cl)c1)N1CCc2nc(N3CCCCC3)ncc2C1. The third-order valence-corrected chi connectivity index (χ3v) is 5.16. The highest BCUT2D eigenvalue weighted by atomic mass is 35.5. The Morgan fingerprint density at radius 2 is 2.00 bits per heavy atom. The molecule has 0 atom stereocenters. The molecule has 0 aliphatic carbocycles. The first-order chi connectivity index (χ1) is 12.7. The molecule has 0 unspecified atom stereocenters. The van der Waals surface area contributed by atoms with Crippen LogP contribution in [0.5, 0.6) is 0 Å². The van der Waals surface area contributed by atoms with Gasteiger partial charge in [0.25, 0.3) is 0 Å². The molecule has 1 aromatic heterocycles. The maximum Gasteiger partial charge on any atom is 0.322 e. The molecular formula is C19H22ClN5O. The second-order valence-corrected chi connectivity index (χ2v) is 7.24. The summed E-state index contributed by atoms with van der Waals surface area (Å²) < 4.78 is 0. The van der Waals surface area contributed by atoms with Gasteiger partial charge in [-0.3, -0.25) is 0 Å². The average Bonchev–Trinajstić information content (AvgIpc) is 2.68. The minimum Gasteiger partial charge on any atom is -0.341 e. The summed E-state index contributed by atoms with van der Waals surface area (Å²) in [5.74, 6) is 0.834. The van der Waals surface area contributed by atoms with E-state index in [4.69, 9.17) is 16.6 Å². The van der Waals surface area contributed by atoms with Gasteiger partial charge in [-0.05, 0) is 37.5 Å². The summed E-state index contributed by atoms with van der Waals surface area (Å²) in [5.41, 5.74) is 2.79. The molecule has 1 aromatic carbocycles. The lowest BCUT2D eigenvalue weighted by atomic mass is 10.1. The van der Waals surface area contributed by atoms with Crippen molar-refractivity contribution in [2.24, 2.45) is 0 Å². The Hall–Kier alpha value is -2.34. The van der Waals surface area contributed by atoms with E-state index >= 15 is 0 Å². The molecule has 1 N–H and O–H groups in total. The lowest BCUT2D eigenvalue weighted by molar-refractivity contribution is 0.206. The highest BCUT2D eigenvalue weighted by Gasteiger charge is 2.23. The maximum atomic E-state index is 12.5. The number of hydrogen-bond donors (Lipinski definition) is 1. The predicted molar refractivity (Wildman–Crippen MR) is 103 cm³/mol. The van der Waals surface area contributed by atoms with Crippen molar-refractivity contribution in [2.45, 2.75) is 32.2 Å². The van der Waals surface area contributed by atoms with Crippen LogP contribution in [0.3, 0.4) is 0 Å². The number of carbonyl (C=O) groups is 1. The van der Waals surface area contributed by atoms with Gasteiger partial charge in [0.2, 0.25) is 5.95 Å². The minimum atomic E-state index is -0.127. The zero-order chi connectivity index (χ0) is 17.9. The molecule has 136 valence electrons. The second kappa shape index (κ2) is 7.50. The third-order valence-electron chi connectivity index (χ3n) is 4.92. The first-order valence-electron chi connectivity index (χ1n) is 9.10. The van der Waals surface area contributed by atoms with E-state index in [1.807, 2.05) is 18.3 Å². The number of fused-ring (bicyclic) bond motifs is 1. The van der Waals surface area contributed by atoms with E-state index in [9.17, 15) is 4.79 Å². The molecule has 0 bridgehead atoms. The maximum absolute atomic E-state index is 12.5. The number of benzene rings is 1. The molecule has 1 saturated heterocycles. The lowest BCUT2D eigenvalue weighted by Crippen LogP contribution is -2.39. The van der Waals surface area contributed by atoms with Crippen molar-refractivity contribution >= 4 is 29.3 Å². The second-order valence-electron chi connectivity index (χ2n) is 6.80. The standard InChI is InChI=1S/C19H22ClN5O/c20-15-5-4-6-16(11-15)22-19(26)25-10-7-17-14(13-25)12-21-18(23-17)24-8-2-1-3-9-24/h4-6,11-12H,1-3,7-10,13H2,(H,22,26). The third kappa shape index (κ3) is 3.75. The molecule has 7 heteroatoms. The highest BCUT2D eigenvalue weighted by Crippen LogP contribution is 2.22. The fourth-order valence-electron chi connectivity index (χ4n) is 3.49. The Morgan fingerprint density at radius 3 is 2.81 bits per heavy atom. The molecule has 2 aliphatic rings. The summed E-state index contributed by atoms with van der Waals surface area (Å²) in [5, 5.41) is 3.50. The summed E-state index contributed by atoms with van der Waals surface area (Å²) in [6, 6.07) is 7.05. The Labute approximate surface area is 158 Å². The number of amides is 2. The van der Waals surface area contributed by atoms with E-state index in [1.165, 1.54) is 19.3 Å². The van der Waals surface area contributed by atoms with E-state index in [1.54, 1.807) is 17.0 Å². The molecule has 0 radical (unpaired) electrons. The molecule has 4 rings (SSSR count). The van der Waals surface area contributed by atoms with Gasteiger partial charge >= 0.3 is 6.03 Å². The normalized spacial score (nSPS) is 17.0. The molecule has 26 heavy (non-hydrogen) atoms. The molecule has 2 aromatic rings. The van der Waals surface area contributed by atoms with Crippen molar-refractivity contribution in [1.82, 2.24) is 14.9 Å². The van der Waals surface area contributed by atoms with E-state index in [-0.39, 0.29) is 6.03 Å². The van der Waals surface area contributed by atoms with Gasteiger partial charge in [-0.15, -0.1) is 0 Å². The molecule has 3 heterocycles. The van der Waals surface area contributed by atoms with E-state index < -0.39 is 0 Å². The first kappa shape index (κ1) is 17.1. The lowest BCUT2D eigenvalue weighted by Gasteiger charge is -2.30.